The lowest BCUT2D eigenvalue weighted by atomic mass is 10.2. The van der Waals surface area contributed by atoms with E-state index < -0.39 is 0 Å². The van der Waals surface area contributed by atoms with Gasteiger partial charge in [0.2, 0.25) is 0 Å². The van der Waals surface area contributed by atoms with Crippen LogP contribution in [0.1, 0.15) is 11.1 Å². The van der Waals surface area contributed by atoms with Crippen LogP contribution in [0.5, 0.6) is 11.5 Å². The molecule has 0 aromatic heterocycles. The summed E-state index contributed by atoms with van der Waals surface area (Å²) < 4.78 is 24.2. The summed E-state index contributed by atoms with van der Waals surface area (Å²) in [6, 6.07) is 17.2. The molecule has 3 aromatic carbocycles. The number of anilines is 1. The van der Waals surface area contributed by atoms with Gasteiger partial charge in [-0.3, -0.25) is 0 Å². The van der Waals surface area contributed by atoms with Crippen LogP contribution in [-0.2, 0) is 13.2 Å². The number of methoxy groups -OCH3 is 1. The fourth-order valence-corrected chi connectivity index (χ4v) is 3.07. The SMILES string of the molecule is COc1cc(CNc2cc(Cl)cc(Cl)c2)ccc1OCc1ccc(F)cc1. The summed E-state index contributed by atoms with van der Waals surface area (Å²) >= 11 is 12.0. The van der Waals surface area contributed by atoms with Gasteiger partial charge in [0.05, 0.1) is 7.11 Å². The molecule has 0 fully saturated rings. The summed E-state index contributed by atoms with van der Waals surface area (Å²) in [7, 11) is 1.59. The van der Waals surface area contributed by atoms with Gasteiger partial charge in [-0.1, -0.05) is 41.4 Å². The van der Waals surface area contributed by atoms with E-state index in [-0.39, 0.29) is 5.82 Å². The Hall–Kier alpha value is -2.43. The molecule has 3 nitrogen and oxygen atoms in total. The van der Waals surface area contributed by atoms with Crippen molar-refractivity contribution in [3.8, 4) is 11.5 Å². The molecular formula is C21H18Cl2FNO2. The zero-order valence-electron chi connectivity index (χ0n) is 14.6. The monoisotopic (exact) mass is 405 g/mol. The molecule has 0 spiro atoms. The van der Waals surface area contributed by atoms with E-state index in [1.165, 1.54) is 12.1 Å². The molecule has 0 unspecified atom stereocenters. The molecule has 27 heavy (non-hydrogen) atoms. The second-order valence-electron chi connectivity index (χ2n) is 5.91. The van der Waals surface area contributed by atoms with Gasteiger partial charge in [-0.15, -0.1) is 0 Å². The van der Waals surface area contributed by atoms with Crippen molar-refractivity contribution < 1.29 is 13.9 Å². The first-order valence-corrected chi connectivity index (χ1v) is 9.03. The minimum atomic E-state index is -0.269. The first-order valence-electron chi connectivity index (χ1n) is 8.27. The van der Waals surface area contributed by atoms with Crippen molar-refractivity contribution in [1.29, 1.82) is 0 Å². The molecule has 0 radical (unpaired) electrons. The van der Waals surface area contributed by atoms with Crippen LogP contribution >= 0.6 is 23.2 Å². The number of hydrogen-bond acceptors (Lipinski definition) is 3. The van der Waals surface area contributed by atoms with Gasteiger partial charge >= 0.3 is 0 Å². The van der Waals surface area contributed by atoms with Crippen molar-refractivity contribution in [2.75, 3.05) is 12.4 Å². The quantitative estimate of drug-likeness (QED) is 0.497. The van der Waals surface area contributed by atoms with E-state index in [1.54, 1.807) is 25.3 Å². The van der Waals surface area contributed by atoms with E-state index in [4.69, 9.17) is 32.7 Å². The predicted molar refractivity (Wildman–Crippen MR) is 108 cm³/mol. The summed E-state index contributed by atoms with van der Waals surface area (Å²) in [5.41, 5.74) is 2.72. The molecule has 0 bridgehead atoms. The van der Waals surface area contributed by atoms with Gasteiger partial charge in [0.15, 0.2) is 11.5 Å². The van der Waals surface area contributed by atoms with Gasteiger partial charge in [0.1, 0.15) is 12.4 Å². The predicted octanol–water partition coefficient (Wildman–Crippen LogP) is 6.33. The number of rotatable bonds is 7. The molecule has 3 rings (SSSR count). The van der Waals surface area contributed by atoms with Crippen molar-refractivity contribution in [2.24, 2.45) is 0 Å². The van der Waals surface area contributed by atoms with Crippen molar-refractivity contribution in [2.45, 2.75) is 13.2 Å². The van der Waals surface area contributed by atoms with Gasteiger partial charge in [0, 0.05) is 22.3 Å². The zero-order chi connectivity index (χ0) is 19.2. The molecule has 0 saturated carbocycles. The molecule has 0 aliphatic carbocycles. The number of ether oxygens (including phenoxy) is 2. The van der Waals surface area contributed by atoms with Crippen LogP contribution in [0.4, 0.5) is 10.1 Å². The van der Waals surface area contributed by atoms with E-state index in [2.05, 4.69) is 5.32 Å². The van der Waals surface area contributed by atoms with Crippen LogP contribution in [0.2, 0.25) is 10.0 Å². The Morgan fingerprint density at radius 3 is 2.19 bits per heavy atom. The summed E-state index contributed by atoms with van der Waals surface area (Å²) in [5, 5.41) is 4.43. The fourth-order valence-electron chi connectivity index (χ4n) is 2.54. The molecular weight excluding hydrogens is 388 g/mol. The molecule has 0 amide bonds. The summed E-state index contributed by atoms with van der Waals surface area (Å²) in [5.74, 6) is 0.978. The Balaban J connectivity index is 1.65. The zero-order valence-corrected chi connectivity index (χ0v) is 16.1. The van der Waals surface area contributed by atoms with E-state index in [1.807, 2.05) is 30.3 Å². The molecule has 0 atom stereocenters. The maximum atomic E-state index is 13.0. The highest BCUT2D eigenvalue weighted by atomic mass is 35.5. The summed E-state index contributed by atoms with van der Waals surface area (Å²) in [4.78, 5) is 0. The lowest BCUT2D eigenvalue weighted by Crippen LogP contribution is -2.02. The van der Waals surface area contributed by atoms with Gasteiger partial charge < -0.3 is 14.8 Å². The molecule has 6 heteroatoms. The van der Waals surface area contributed by atoms with E-state index in [0.717, 1.165) is 16.8 Å². The number of hydrogen-bond donors (Lipinski definition) is 1. The smallest absolute Gasteiger partial charge is 0.161 e. The Kier molecular flexibility index (Phi) is 6.43. The minimum absolute atomic E-state index is 0.269. The van der Waals surface area contributed by atoms with E-state index in [0.29, 0.717) is 34.7 Å². The average Bonchev–Trinajstić information content (AvgIpc) is 2.65. The Morgan fingerprint density at radius 1 is 0.852 bits per heavy atom. The Bertz CT molecular complexity index is 896. The molecule has 140 valence electrons. The van der Waals surface area contributed by atoms with Crippen LogP contribution in [0.15, 0.2) is 60.7 Å². The Morgan fingerprint density at radius 2 is 1.52 bits per heavy atom. The largest absolute Gasteiger partial charge is 0.493 e. The van der Waals surface area contributed by atoms with Gasteiger partial charge in [0.25, 0.3) is 0 Å². The second-order valence-corrected chi connectivity index (χ2v) is 6.78. The second kappa shape index (κ2) is 8.98. The number of nitrogens with one attached hydrogen (secondary N) is 1. The maximum Gasteiger partial charge on any atom is 0.161 e. The highest BCUT2D eigenvalue weighted by molar-refractivity contribution is 6.35. The van der Waals surface area contributed by atoms with E-state index in [9.17, 15) is 4.39 Å². The topological polar surface area (TPSA) is 30.5 Å². The summed E-state index contributed by atoms with van der Waals surface area (Å²) in [6.07, 6.45) is 0. The van der Waals surface area contributed by atoms with Gasteiger partial charge in [-0.05, 0) is 53.6 Å². The normalized spacial score (nSPS) is 10.5. The van der Waals surface area contributed by atoms with Crippen molar-refractivity contribution in [1.82, 2.24) is 0 Å². The summed E-state index contributed by atoms with van der Waals surface area (Å²) in [6.45, 7) is 0.903. The first kappa shape index (κ1) is 19.3. The van der Waals surface area contributed by atoms with Crippen LogP contribution in [0.25, 0.3) is 0 Å². The number of halogens is 3. The standard InChI is InChI=1S/C21H18Cl2FNO2/c1-26-21-8-15(12-25-19-10-16(22)9-17(23)11-19)4-7-20(21)27-13-14-2-5-18(24)6-3-14/h2-11,25H,12-13H2,1H3. The Labute approximate surface area is 167 Å². The average molecular weight is 406 g/mol. The number of benzene rings is 3. The highest BCUT2D eigenvalue weighted by Crippen LogP contribution is 2.29. The first-order chi connectivity index (χ1) is 13.0. The molecule has 0 aliphatic heterocycles. The molecule has 0 saturated heterocycles. The van der Waals surface area contributed by atoms with E-state index >= 15 is 0 Å². The van der Waals surface area contributed by atoms with Crippen LogP contribution in [-0.4, -0.2) is 7.11 Å². The lowest BCUT2D eigenvalue weighted by molar-refractivity contribution is 0.284. The highest BCUT2D eigenvalue weighted by Gasteiger charge is 2.07. The van der Waals surface area contributed by atoms with Crippen LogP contribution < -0.4 is 14.8 Å². The molecule has 0 heterocycles. The van der Waals surface area contributed by atoms with Gasteiger partial charge in [-0.25, -0.2) is 4.39 Å². The minimum Gasteiger partial charge on any atom is -0.493 e. The molecule has 3 aromatic rings. The van der Waals surface area contributed by atoms with Crippen molar-refractivity contribution in [3.05, 3.63) is 87.7 Å². The maximum absolute atomic E-state index is 13.0. The third-order valence-electron chi connectivity index (χ3n) is 3.89. The van der Waals surface area contributed by atoms with Crippen LogP contribution in [0.3, 0.4) is 0 Å². The lowest BCUT2D eigenvalue weighted by Gasteiger charge is -2.13. The molecule has 1 N–H and O–H groups in total. The fraction of sp³-hybridized carbons (Fsp3) is 0.143. The van der Waals surface area contributed by atoms with Crippen molar-refractivity contribution in [3.63, 3.8) is 0 Å². The van der Waals surface area contributed by atoms with Crippen LogP contribution in [0, 0.1) is 5.82 Å². The third-order valence-corrected chi connectivity index (χ3v) is 4.33. The molecule has 0 aliphatic rings. The van der Waals surface area contributed by atoms with Crippen molar-refractivity contribution >= 4 is 28.9 Å². The van der Waals surface area contributed by atoms with Gasteiger partial charge in [-0.2, -0.15) is 0 Å². The third kappa shape index (κ3) is 5.52.